The van der Waals surface area contributed by atoms with Crippen molar-refractivity contribution in [2.75, 3.05) is 48.4 Å². The van der Waals surface area contributed by atoms with Gasteiger partial charge in [0.15, 0.2) is 0 Å². The molecule has 0 unspecified atom stereocenters. The van der Waals surface area contributed by atoms with E-state index in [1.807, 2.05) is 36.4 Å². The normalized spacial score (nSPS) is 13.8. The van der Waals surface area contributed by atoms with Crippen molar-refractivity contribution in [1.29, 1.82) is 0 Å². The first kappa shape index (κ1) is 19.7. The van der Waals surface area contributed by atoms with E-state index in [4.69, 9.17) is 4.74 Å². The molecule has 0 saturated carbocycles. The summed E-state index contributed by atoms with van der Waals surface area (Å²) >= 11 is 0. The van der Waals surface area contributed by atoms with Crippen molar-refractivity contribution in [2.24, 2.45) is 0 Å². The Morgan fingerprint density at radius 2 is 1.67 bits per heavy atom. The Kier molecular flexibility index (Phi) is 6.08. The Balaban J connectivity index is 1.37. The van der Waals surface area contributed by atoms with Crippen molar-refractivity contribution in [3.8, 4) is 5.75 Å². The number of carbonyl (C=O) groups is 1. The minimum Gasteiger partial charge on any atom is -0.496 e. The number of anilines is 3. The highest BCUT2D eigenvalue weighted by atomic mass is 16.5. The van der Waals surface area contributed by atoms with E-state index >= 15 is 0 Å². The van der Waals surface area contributed by atoms with E-state index in [1.54, 1.807) is 7.11 Å². The second-order valence-electron chi connectivity index (χ2n) is 7.11. The van der Waals surface area contributed by atoms with Crippen LogP contribution in [-0.4, -0.2) is 49.2 Å². The van der Waals surface area contributed by atoms with Crippen LogP contribution in [0.2, 0.25) is 0 Å². The molecule has 1 amide bonds. The highest BCUT2D eigenvalue weighted by Gasteiger charge is 2.19. The van der Waals surface area contributed by atoms with E-state index in [-0.39, 0.29) is 12.3 Å². The van der Waals surface area contributed by atoms with E-state index in [9.17, 15) is 4.79 Å². The van der Waals surface area contributed by atoms with Crippen LogP contribution in [0.1, 0.15) is 5.56 Å². The summed E-state index contributed by atoms with van der Waals surface area (Å²) in [7, 11) is 1.60. The third-order valence-electron chi connectivity index (χ3n) is 5.19. The molecule has 7 heteroatoms. The Hall–Kier alpha value is -3.61. The van der Waals surface area contributed by atoms with Gasteiger partial charge in [0.25, 0.3) is 0 Å². The number of hydrogen-bond acceptors (Lipinski definition) is 6. The van der Waals surface area contributed by atoms with Crippen molar-refractivity contribution in [3.05, 3.63) is 72.6 Å². The van der Waals surface area contributed by atoms with Crippen molar-refractivity contribution < 1.29 is 9.53 Å². The Morgan fingerprint density at radius 1 is 0.967 bits per heavy atom. The lowest BCUT2D eigenvalue weighted by atomic mass is 10.1. The molecular weight excluding hydrogens is 378 g/mol. The number of nitrogens with one attached hydrogen (secondary N) is 1. The molecule has 1 N–H and O–H groups in total. The number of para-hydroxylation sites is 2. The summed E-state index contributed by atoms with van der Waals surface area (Å²) in [5, 5.41) is 2.87. The van der Waals surface area contributed by atoms with Crippen LogP contribution in [0, 0.1) is 0 Å². The molecule has 1 aliphatic heterocycles. The lowest BCUT2D eigenvalue weighted by Crippen LogP contribution is -2.46. The highest BCUT2D eigenvalue weighted by Crippen LogP contribution is 2.21. The molecule has 2 heterocycles. The number of aromatic nitrogens is 2. The topological polar surface area (TPSA) is 70.6 Å². The minimum atomic E-state index is -0.141. The predicted octanol–water partition coefficient (Wildman–Crippen LogP) is 2.99. The van der Waals surface area contributed by atoms with E-state index in [0.717, 1.165) is 37.6 Å². The summed E-state index contributed by atoms with van der Waals surface area (Å²) in [6.07, 6.45) is 1.72. The standard InChI is InChI=1S/C23H25N5O2/c1-30-20-10-6-5-7-18(20)15-23(29)26-21-16-22(25-17-24-21)28-13-11-27(12-14-28)19-8-3-2-4-9-19/h2-10,16-17H,11-15H2,1H3,(H,24,25,26,29). The van der Waals surface area contributed by atoms with Crippen LogP contribution < -0.4 is 19.9 Å². The maximum absolute atomic E-state index is 12.5. The molecule has 0 bridgehead atoms. The van der Waals surface area contributed by atoms with Crippen molar-refractivity contribution in [1.82, 2.24) is 9.97 Å². The van der Waals surface area contributed by atoms with E-state index in [2.05, 4.69) is 49.4 Å². The maximum atomic E-state index is 12.5. The SMILES string of the molecule is COc1ccccc1CC(=O)Nc1cc(N2CCN(c3ccccc3)CC2)ncn1. The molecule has 30 heavy (non-hydrogen) atoms. The summed E-state index contributed by atoms with van der Waals surface area (Å²) in [6, 6.07) is 19.8. The molecule has 154 valence electrons. The first-order valence-electron chi connectivity index (χ1n) is 10.0. The number of amides is 1. The molecule has 0 aliphatic carbocycles. The fourth-order valence-electron chi connectivity index (χ4n) is 3.63. The number of nitrogens with zero attached hydrogens (tertiary/aromatic N) is 4. The fraction of sp³-hybridized carbons (Fsp3) is 0.261. The van der Waals surface area contributed by atoms with Gasteiger partial charge in [0.05, 0.1) is 13.5 Å². The lowest BCUT2D eigenvalue weighted by molar-refractivity contribution is -0.115. The van der Waals surface area contributed by atoms with Gasteiger partial charge in [-0.3, -0.25) is 4.79 Å². The van der Waals surface area contributed by atoms with Crippen LogP contribution in [0.3, 0.4) is 0 Å². The van der Waals surface area contributed by atoms with Crippen LogP contribution >= 0.6 is 0 Å². The molecule has 1 aromatic heterocycles. The molecule has 4 rings (SSSR count). The summed E-state index contributed by atoms with van der Waals surface area (Å²) in [5.41, 5.74) is 2.08. The number of hydrogen-bond donors (Lipinski definition) is 1. The zero-order chi connectivity index (χ0) is 20.8. The Morgan fingerprint density at radius 3 is 2.43 bits per heavy atom. The minimum absolute atomic E-state index is 0.141. The Labute approximate surface area is 176 Å². The molecule has 0 spiro atoms. The highest BCUT2D eigenvalue weighted by molar-refractivity contribution is 5.92. The van der Waals surface area contributed by atoms with Gasteiger partial charge in [-0.25, -0.2) is 9.97 Å². The van der Waals surface area contributed by atoms with Gasteiger partial charge in [0.1, 0.15) is 23.7 Å². The molecule has 1 fully saturated rings. The number of ether oxygens (including phenoxy) is 1. The van der Waals surface area contributed by atoms with Crippen LogP contribution in [0.15, 0.2) is 67.0 Å². The third kappa shape index (κ3) is 4.68. The van der Waals surface area contributed by atoms with Gasteiger partial charge < -0.3 is 19.9 Å². The van der Waals surface area contributed by atoms with Gasteiger partial charge >= 0.3 is 0 Å². The second kappa shape index (κ2) is 9.26. The van der Waals surface area contributed by atoms with E-state index in [1.165, 1.54) is 12.0 Å². The molecule has 1 aliphatic rings. The largest absolute Gasteiger partial charge is 0.496 e. The first-order valence-corrected chi connectivity index (χ1v) is 10.0. The van der Waals surface area contributed by atoms with Gasteiger partial charge in [0.2, 0.25) is 5.91 Å². The van der Waals surface area contributed by atoms with Gasteiger partial charge in [0, 0.05) is 43.5 Å². The van der Waals surface area contributed by atoms with Crippen LogP contribution in [0.5, 0.6) is 5.75 Å². The number of benzene rings is 2. The number of carbonyl (C=O) groups excluding carboxylic acids is 1. The number of methoxy groups -OCH3 is 1. The van der Waals surface area contributed by atoms with Gasteiger partial charge in [-0.15, -0.1) is 0 Å². The van der Waals surface area contributed by atoms with Crippen molar-refractivity contribution in [2.45, 2.75) is 6.42 Å². The molecule has 7 nitrogen and oxygen atoms in total. The smallest absolute Gasteiger partial charge is 0.230 e. The molecular formula is C23H25N5O2. The predicted molar refractivity (Wildman–Crippen MR) is 118 cm³/mol. The molecule has 3 aromatic rings. The van der Waals surface area contributed by atoms with Crippen molar-refractivity contribution >= 4 is 23.2 Å². The second-order valence-corrected chi connectivity index (χ2v) is 7.11. The zero-order valence-corrected chi connectivity index (χ0v) is 17.0. The lowest BCUT2D eigenvalue weighted by Gasteiger charge is -2.36. The zero-order valence-electron chi connectivity index (χ0n) is 17.0. The van der Waals surface area contributed by atoms with Gasteiger partial charge in [-0.05, 0) is 18.2 Å². The molecule has 0 atom stereocenters. The summed E-state index contributed by atoms with van der Waals surface area (Å²) in [5.74, 6) is 1.89. The van der Waals surface area contributed by atoms with Crippen LogP contribution in [-0.2, 0) is 11.2 Å². The first-order chi connectivity index (χ1) is 14.7. The quantitative estimate of drug-likeness (QED) is 0.682. The summed E-state index contributed by atoms with van der Waals surface area (Å²) in [4.78, 5) is 25.7. The fourth-order valence-corrected chi connectivity index (χ4v) is 3.63. The van der Waals surface area contributed by atoms with Crippen LogP contribution in [0.4, 0.5) is 17.3 Å². The third-order valence-corrected chi connectivity index (χ3v) is 5.19. The molecule has 0 radical (unpaired) electrons. The van der Waals surface area contributed by atoms with E-state index in [0.29, 0.717) is 11.6 Å². The summed E-state index contributed by atoms with van der Waals surface area (Å²) < 4.78 is 5.32. The number of rotatable bonds is 6. The summed E-state index contributed by atoms with van der Waals surface area (Å²) in [6.45, 7) is 3.56. The van der Waals surface area contributed by atoms with Crippen molar-refractivity contribution in [3.63, 3.8) is 0 Å². The van der Waals surface area contributed by atoms with E-state index < -0.39 is 0 Å². The maximum Gasteiger partial charge on any atom is 0.230 e. The molecule has 1 saturated heterocycles. The van der Waals surface area contributed by atoms with Crippen LogP contribution in [0.25, 0.3) is 0 Å². The molecule has 2 aromatic carbocycles. The van der Waals surface area contributed by atoms with Gasteiger partial charge in [-0.1, -0.05) is 36.4 Å². The average molecular weight is 403 g/mol. The van der Waals surface area contributed by atoms with Gasteiger partial charge in [-0.2, -0.15) is 0 Å². The number of piperazine rings is 1. The monoisotopic (exact) mass is 403 g/mol. The Bertz CT molecular complexity index is 988. The average Bonchev–Trinajstić information content (AvgIpc) is 2.80.